The van der Waals surface area contributed by atoms with E-state index >= 15 is 0 Å². The second kappa shape index (κ2) is 4.99. The first kappa shape index (κ1) is 13.8. The van der Waals surface area contributed by atoms with Gasteiger partial charge in [-0.1, -0.05) is 39.7 Å². The zero-order valence-electron chi connectivity index (χ0n) is 10.4. The number of amides is 2. The van der Waals surface area contributed by atoms with Gasteiger partial charge in [0.05, 0.1) is 27.4 Å². The van der Waals surface area contributed by atoms with Gasteiger partial charge in [-0.15, -0.1) is 0 Å². The minimum atomic E-state index is -0.476. The molecule has 0 aliphatic carbocycles. The van der Waals surface area contributed by atoms with Crippen LogP contribution in [0.15, 0.2) is 40.9 Å². The molecule has 0 atom stereocenters. The van der Waals surface area contributed by atoms with Crippen molar-refractivity contribution in [3.05, 3.63) is 62.6 Å². The maximum absolute atomic E-state index is 12.4. The van der Waals surface area contributed by atoms with Gasteiger partial charge >= 0.3 is 0 Å². The molecule has 2 amide bonds. The van der Waals surface area contributed by atoms with Gasteiger partial charge in [0.15, 0.2) is 0 Å². The van der Waals surface area contributed by atoms with Gasteiger partial charge < -0.3 is 0 Å². The number of hydrogen-bond acceptors (Lipinski definition) is 3. The van der Waals surface area contributed by atoms with E-state index in [0.29, 0.717) is 15.6 Å². The van der Waals surface area contributed by atoms with Crippen molar-refractivity contribution in [2.75, 3.05) is 4.90 Å². The van der Waals surface area contributed by atoms with E-state index in [0.717, 1.165) is 4.90 Å². The topological polar surface area (TPSA) is 61.2 Å². The zero-order valence-corrected chi connectivity index (χ0v) is 12.8. The Morgan fingerprint density at radius 3 is 2.19 bits per heavy atom. The number of carbonyl (C=O) groups is 2. The van der Waals surface area contributed by atoms with Crippen molar-refractivity contribution in [1.82, 2.24) is 0 Å². The van der Waals surface area contributed by atoms with E-state index < -0.39 is 11.8 Å². The third-order valence-electron chi connectivity index (χ3n) is 3.17. The van der Waals surface area contributed by atoms with Crippen LogP contribution in [0.5, 0.6) is 0 Å². The Morgan fingerprint density at radius 1 is 1.10 bits per heavy atom. The Kier molecular flexibility index (Phi) is 3.28. The molecule has 1 heterocycles. The Hall–Kier alpha value is -2.16. The molecule has 0 bridgehead atoms. The van der Waals surface area contributed by atoms with Crippen molar-refractivity contribution >= 4 is 45.0 Å². The highest BCUT2D eigenvalue weighted by molar-refractivity contribution is 9.10. The van der Waals surface area contributed by atoms with Crippen molar-refractivity contribution < 1.29 is 9.59 Å². The molecule has 0 aromatic heterocycles. The molecule has 0 unspecified atom stereocenters. The SMILES string of the molecule is N#Cc1cc(Br)cc(Cl)c1N1C(=O)c2ccccc2C1=O. The molecule has 0 N–H and O–H groups in total. The van der Waals surface area contributed by atoms with Crippen LogP contribution in [0, 0.1) is 11.3 Å². The van der Waals surface area contributed by atoms with Crippen LogP contribution in [0.2, 0.25) is 5.02 Å². The molecule has 1 aliphatic heterocycles. The smallest absolute Gasteiger partial charge is 0.266 e. The first-order chi connectivity index (χ1) is 10.0. The van der Waals surface area contributed by atoms with Crippen LogP contribution in [0.1, 0.15) is 26.3 Å². The van der Waals surface area contributed by atoms with E-state index in [-0.39, 0.29) is 16.3 Å². The quantitative estimate of drug-likeness (QED) is 0.726. The molecule has 0 saturated heterocycles. The largest absolute Gasteiger partial charge is 0.268 e. The predicted octanol–water partition coefficient (Wildman–Crippen LogP) is 3.77. The van der Waals surface area contributed by atoms with Gasteiger partial charge in [-0.3, -0.25) is 9.59 Å². The number of hydrogen-bond donors (Lipinski definition) is 0. The molecule has 2 aromatic carbocycles. The monoisotopic (exact) mass is 360 g/mol. The summed E-state index contributed by atoms with van der Waals surface area (Å²) < 4.78 is 0.601. The van der Waals surface area contributed by atoms with Crippen LogP contribution in [0.3, 0.4) is 0 Å². The second-order valence-corrected chi connectivity index (χ2v) is 5.71. The zero-order chi connectivity index (χ0) is 15.1. The van der Waals surface area contributed by atoms with E-state index in [1.807, 2.05) is 6.07 Å². The van der Waals surface area contributed by atoms with Crippen LogP contribution in [0.4, 0.5) is 5.69 Å². The van der Waals surface area contributed by atoms with Crippen LogP contribution >= 0.6 is 27.5 Å². The Bertz CT molecular complexity index is 807. The third-order valence-corrected chi connectivity index (χ3v) is 3.91. The molecule has 6 heteroatoms. The number of rotatable bonds is 1. The Balaban J connectivity index is 2.23. The second-order valence-electron chi connectivity index (χ2n) is 4.39. The minimum absolute atomic E-state index is 0.119. The van der Waals surface area contributed by atoms with Crippen molar-refractivity contribution in [2.24, 2.45) is 0 Å². The maximum atomic E-state index is 12.4. The lowest BCUT2D eigenvalue weighted by atomic mass is 10.1. The fourth-order valence-corrected chi connectivity index (χ4v) is 3.16. The molecule has 0 fully saturated rings. The van der Waals surface area contributed by atoms with E-state index in [2.05, 4.69) is 15.9 Å². The summed E-state index contributed by atoms with van der Waals surface area (Å²) in [7, 11) is 0. The standard InChI is InChI=1S/C15H6BrClN2O2/c16-9-5-8(7-18)13(12(17)6-9)19-14(20)10-3-1-2-4-11(10)15(19)21/h1-6H. The van der Waals surface area contributed by atoms with Gasteiger partial charge in [-0.2, -0.15) is 5.26 Å². The first-order valence-corrected chi connectivity index (χ1v) is 7.08. The number of carbonyl (C=O) groups excluding carboxylic acids is 2. The first-order valence-electron chi connectivity index (χ1n) is 5.91. The van der Waals surface area contributed by atoms with Gasteiger partial charge in [0.25, 0.3) is 11.8 Å². The van der Waals surface area contributed by atoms with Gasteiger partial charge in [0, 0.05) is 4.47 Å². The molecule has 1 aliphatic rings. The number of imide groups is 1. The summed E-state index contributed by atoms with van der Waals surface area (Å²) >= 11 is 9.37. The lowest BCUT2D eigenvalue weighted by Crippen LogP contribution is -2.30. The summed E-state index contributed by atoms with van der Waals surface area (Å²) in [4.78, 5) is 25.8. The fraction of sp³-hybridized carbons (Fsp3) is 0. The summed E-state index contributed by atoms with van der Waals surface area (Å²) in [5.41, 5.74) is 0.896. The molecule has 0 radical (unpaired) electrons. The van der Waals surface area contributed by atoms with Crippen LogP contribution < -0.4 is 4.90 Å². The number of nitriles is 1. The normalized spacial score (nSPS) is 13.3. The van der Waals surface area contributed by atoms with Gasteiger partial charge in [0.1, 0.15) is 6.07 Å². The van der Waals surface area contributed by atoms with Crippen LogP contribution in [-0.2, 0) is 0 Å². The van der Waals surface area contributed by atoms with E-state index in [1.54, 1.807) is 30.3 Å². The molecule has 21 heavy (non-hydrogen) atoms. The van der Waals surface area contributed by atoms with E-state index in [1.165, 1.54) is 6.07 Å². The fourth-order valence-electron chi connectivity index (χ4n) is 2.27. The predicted molar refractivity (Wildman–Crippen MR) is 81.4 cm³/mol. The molecule has 0 saturated carbocycles. The molecular weight excluding hydrogens is 356 g/mol. The van der Waals surface area contributed by atoms with Crippen molar-refractivity contribution in [3.8, 4) is 6.07 Å². The lowest BCUT2D eigenvalue weighted by Gasteiger charge is -2.17. The van der Waals surface area contributed by atoms with Gasteiger partial charge in [-0.05, 0) is 24.3 Å². The van der Waals surface area contributed by atoms with Crippen molar-refractivity contribution in [3.63, 3.8) is 0 Å². The van der Waals surface area contributed by atoms with Crippen molar-refractivity contribution in [1.29, 1.82) is 5.26 Å². The summed E-state index contributed by atoms with van der Waals surface area (Å²) in [6, 6.07) is 11.5. The molecular formula is C15H6BrClN2O2. The minimum Gasteiger partial charge on any atom is -0.268 e. The number of halogens is 2. The number of anilines is 1. The molecule has 4 nitrogen and oxygen atoms in total. The average molecular weight is 362 g/mol. The Labute approximate surface area is 133 Å². The number of benzene rings is 2. The average Bonchev–Trinajstić information content (AvgIpc) is 2.71. The third kappa shape index (κ3) is 2.04. The number of nitrogens with zero attached hydrogens (tertiary/aromatic N) is 2. The highest BCUT2D eigenvalue weighted by Gasteiger charge is 2.38. The summed E-state index contributed by atoms with van der Waals surface area (Å²) in [5.74, 6) is -0.951. The maximum Gasteiger partial charge on any atom is 0.266 e. The van der Waals surface area contributed by atoms with Gasteiger partial charge in [-0.25, -0.2) is 4.90 Å². The van der Waals surface area contributed by atoms with Crippen LogP contribution in [-0.4, -0.2) is 11.8 Å². The van der Waals surface area contributed by atoms with Gasteiger partial charge in [0.2, 0.25) is 0 Å². The molecule has 102 valence electrons. The molecule has 3 rings (SSSR count). The summed E-state index contributed by atoms with van der Waals surface area (Å²) in [5, 5.41) is 9.40. The highest BCUT2D eigenvalue weighted by atomic mass is 79.9. The lowest BCUT2D eigenvalue weighted by molar-refractivity contribution is 0.0926. The molecule has 2 aromatic rings. The summed E-state index contributed by atoms with van der Waals surface area (Å²) in [6.07, 6.45) is 0. The molecule has 0 spiro atoms. The number of fused-ring (bicyclic) bond motifs is 1. The van der Waals surface area contributed by atoms with Crippen molar-refractivity contribution in [2.45, 2.75) is 0 Å². The van der Waals surface area contributed by atoms with E-state index in [9.17, 15) is 14.9 Å². The highest BCUT2D eigenvalue weighted by Crippen LogP contribution is 2.37. The van der Waals surface area contributed by atoms with E-state index in [4.69, 9.17) is 11.6 Å². The summed E-state index contributed by atoms with van der Waals surface area (Å²) in [6.45, 7) is 0. The van der Waals surface area contributed by atoms with Crippen LogP contribution in [0.25, 0.3) is 0 Å². The Morgan fingerprint density at radius 2 is 1.67 bits per heavy atom.